The third-order valence-electron chi connectivity index (χ3n) is 1.83. The van der Waals surface area contributed by atoms with E-state index in [-0.39, 0.29) is 0 Å². The lowest BCUT2D eigenvalue weighted by molar-refractivity contribution is 0.226. The minimum Gasteiger partial charge on any atom is -0.373 e. The van der Waals surface area contributed by atoms with E-state index in [4.69, 9.17) is 5.73 Å². The highest BCUT2D eigenvalue weighted by Crippen LogP contribution is 2.30. The Hall–Kier alpha value is -0.780. The fourth-order valence-corrected chi connectivity index (χ4v) is 2.01. The third-order valence-corrected chi connectivity index (χ3v) is 2.95. The molecule has 0 radical (unpaired) electrons. The summed E-state index contributed by atoms with van der Waals surface area (Å²) in [5.74, 6) is 1.41. The Morgan fingerprint density at radius 3 is 3.31 bits per heavy atom. The normalized spacial score (nSPS) is 20.6. The first-order valence-electron chi connectivity index (χ1n) is 4.07. The van der Waals surface area contributed by atoms with Crippen LogP contribution >= 0.6 is 11.8 Å². The molecular formula is C8H11N3OS. The van der Waals surface area contributed by atoms with Crippen LogP contribution in [0.5, 0.6) is 0 Å². The van der Waals surface area contributed by atoms with E-state index in [0.29, 0.717) is 12.3 Å². The quantitative estimate of drug-likeness (QED) is 0.607. The highest BCUT2D eigenvalue weighted by Gasteiger charge is 2.16. The van der Waals surface area contributed by atoms with Gasteiger partial charge in [0.2, 0.25) is 0 Å². The van der Waals surface area contributed by atoms with Crippen LogP contribution in [0.15, 0.2) is 17.0 Å². The number of nitrogens with one attached hydrogen (secondary N) is 1. The fourth-order valence-electron chi connectivity index (χ4n) is 1.19. The number of rotatable bonds is 1. The molecule has 2 heterocycles. The summed E-state index contributed by atoms with van der Waals surface area (Å²) in [6.45, 7) is 0.426. The van der Waals surface area contributed by atoms with Crippen LogP contribution in [0, 0.1) is 0 Å². The van der Waals surface area contributed by atoms with E-state index >= 15 is 0 Å². The monoisotopic (exact) mass is 197 g/mol. The van der Waals surface area contributed by atoms with Gasteiger partial charge in [0, 0.05) is 17.2 Å². The Morgan fingerprint density at radius 2 is 2.54 bits per heavy atom. The average molecular weight is 197 g/mol. The lowest BCUT2D eigenvalue weighted by Crippen LogP contribution is -2.26. The van der Waals surface area contributed by atoms with Crippen LogP contribution in [0.2, 0.25) is 0 Å². The number of aliphatic hydroxyl groups is 1. The van der Waals surface area contributed by atoms with Crippen molar-refractivity contribution in [3.05, 3.63) is 17.8 Å². The number of nitrogens with two attached hydrogens (primary N) is 1. The Balaban J connectivity index is 2.32. The molecule has 0 spiro atoms. The van der Waals surface area contributed by atoms with Gasteiger partial charge in [-0.15, -0.1) is 11.8 Å². The maximum Gasteiger partial charge on any atom is 0.142 e. The van der Waals surface area contributed by atoms with Gasteiger partial charge in [0.25, 0.3) is 0 Å². The minimum absolute atomic E-state index is 0.426. The van der Waals surface area contributed by atoms with Gasteiger partial charge in [-0.05, 0) is 12.1 Å². The SMILES string of the molecule is NCc1ccc2c(n1)NC(O)CS2. The summed E-state index contributed by atoms with van der Waals surface area (Å²) in [6.07, 6.45) is -0.502. The molecule has 5 heteroatoms. The molecule has 0 fully saturated rings. The summed E-state index contributed by atoms with van der Waals surface area (Å²) >= 11 is 1.60. The molecule has 0 saturated heterocycles. The van der Waals surface area contributed by atoms with E-state index in [9.17, 15) is 5.11 Å². The summed E-state index contributed by atoms with van der Waals surface area (Å²) in [5, 5.41) is 12.2. The number of thioether (sulfide) groups is 1. The second-order valence-electron chi connectivity index (χ2n) is 2.82. The van der Waals surface area contributed by atoms with Gasteiger partial charge in [-0.3, -0.25) is 0 Å². The summed E-state index contributed by atoms with van der Waals surface area (Å²) in [5.41, 5.74) is 6.29. The first kappa shape index (κ1) is 8.80. The standard InChI is InChI=1S/C8H11N3OS/c9-3-5-1-2-6-8(10-5)11-7(12)4-13-6/h1-2,7,12H,3-4,9H2,(H,10,11). The van der Waals surface area contributed by atoms with Crippen LogP contribution in [0.1, 0.15) is 5.69 Å². The topological polar surface area (TPSA) is 71.2 Å². The smallest absolute Gasteiger partial charge is 0.142 e. The van der Waals surface area contributed by atoms with E-state index < -0.39 is 6.23 Å². The highest BCUT2D eigenvalue weighted by molar-refractivity contribution is 7.99. The van der Waals surface area contributed by atoms with Crippen molar-refractivity contribution in [1.82, 2.24) is 4.98 Å². The van der Waals surface area contributed by atoms with Crippen molar-refractivity contribution in [3.63, 3.8) is 0 Å². The second-order valence-corrected chi connectivity index (χ2v) is 3.89. The zero-order valence-corrected chi connectivity index (χ0v) is 7.84. The van der Waals surface area contributed by atoms with Gasteiger partial charge in [-0.1, -0.05) is 0 Å². The Labute approximate surface area is 80.5 Å². The van der Waals surface area contributed by atoms with E-state index in [1.165, 1.54) is 0 Å². The number of fused-ring (bicyclic) bond motifs is 1. The second kappa shape index (κ2) is 3.53. The lowest BCUT2D eigenvalue weighted by atomic mass is 10.3. The van der Waals surface area contributed by atoms with Gasteiger partial charge >= 0.3 is 0 Å². The number of aliphatic hydroxyl groups excluding tert-OH is 1. The number of pyridine rings is 1. The van der Waals surface area contributed by atoms with Gasteiger partial charge in [0.15, 0.2) is 0 Å². The van der Waals surface area contributed by atoms with Crippen LogP contribution in [-0.4, -0.2) is 22.1 Å². The average Bonchev–Trinajstić information content (AvgIpc) is 2.16. The largest absolute Gasteiger partial charge is 0.373 e. The van der Waals surface area contributed by atoms with Crippen molar-refractivity contribution >= 4 is 17.6 Å². The molecule has 0 aromatic carbocycles. The fraction of sp³-hybridized carbons (Fsp3) is 0.375. The van der Waals surface area contributed by atoms with Crippen molar-refractivity contribution in [3.8, 4) is 0 Å². The summed E-state index contributed by atoms with van der Waals surface area (Å²) in [7, 11) is 0. The number of hydrogen-bond acceptors (Lipinski definition) is 5. The van der Waals surface area contributed by atoms with Crippen LogP contribution < -0.4 is 11.1 Å². The molecule has 0 bridgehead atoms. The molecule has 1 atom stereocenters. The first-order valence-corrected chi connectivity index (χ1v) is 5.05. The van der Waals surface area contributed by atoms with Crippen LogP contribution in [-0.2, 0) is 6.54 Å². The minimum atomic E-state index is -0.502. The summed E-state index contributed by atoms with van der Waals surface area (Å²) in [4.78, 5) is 5.34. The molecular weight excluding hydrogens is 186 g/mol. The summed E-state index contributed by atoms with van der Waals surface area (Å²) in [6, 6.07) is 3.89. The molecule has 1 aliphatic heterocycles. The molecule has 13 heavy (non-hydrogen) atoms. The van der Waals surface area contributed by atoms with Crippen LogP contribution in [0.3, 0.4) is 0 Å². The predicted octanol–water partition coefficient (Wildman–Crippen LogP) is 0.376. The van der Waals surface area contributed by atoms with E-state index in [1.807, 2.05) is 12.1 Å². The Kier molecular flexibility index (Phi) is 2.39. The van der Waals surface area contributed by atoms with Gasteiger partial charge in [0.1, 0.15) is 12.0 Å². The molecule has 4 N–H and O–H groups in total. The van der Waals surface area contributed by atoms with Crippen molar-refractivity contribution < 1.29 is 5.11 Å². The Bertz CT molecular complexity index is 318. The van der Waals surface area contributed by atoms with Crippen molar-refractivity contribution in [1.29, 1.82) is 0 Å². The molecule has 1 aliphatic rings. The van der Waals surface area contributed by atoms with E-state index in [1.54, 1.807) is 11.8 Å². The maximum atomic E-state index is 9.32. The molecule has 0 saturated carbocycles. The zero-order chi connectivity index (χ0) is 9.26. The molecule has 2 rings (SSSR count). The summed E-state index contributed by atoms with van der Waals surface area (Å²) < 4.78 is 0. The van der Waals surface area contributed by atoms with Gasteiger partial charge in [-0.25, -0.2) is 4.98 Å². The number of anilines is 1. The number of hydrogen-bond donors (Lipinski definition) is 3. The van der Waals surface area contributed by atoms with E-state index in [2.05, 4.69) is 10.3 Å². The Morgan fingerprint density at radius 1 is 1.69 bits per heavy atom. The lowest BCUT2D eigenvalue weighted by Gasteiger charge is -2.21. The third kappa shape index (κ3) is 1.77. The molecule has 4 nitrogen and oxygen atoms in total. The number of nitrogens with zero attached hydrogens (tertiary/aromatic N) is 1. The molecule has 1 aromatic rings. The van der Waals surface area contributed by atoms with E-state index in [0.717, 1.165) is 16.4 Å². The van der Waals surface area contributed by atoms with Gasteiger partial charge < -0.3 is 16.2 Å². The van der Waals surface area contributed by atoms with Crippen LogP contribution in [0.4, 0.5) is 5.82 Å². The van der Waals surface area contributed by atoms with Gasteiger partial charge in [-0.2, -0.15) is 0 Å². The number of aromatic nitrogens is 1. The first-order chi connectivity index (χ1) is 6.29. The predicted molar refractivity (Wildman–Crippen MR) is 52.5 cm³/mol. The molecule has 0 aliphatic carbocycles. The molecule has 70 valence electrons. The highest BCUT2D eigenvalue weighted by atomic mass is 32.2. The van der Waals surface area contributed by atoms with Crippen molar-refractivity contribution in [2.24, 2.45) is 5.73 Å². The zero-order valence-electron chi connectivity index (χ0n) is 7.03. The molecule has 0 amide bonds. The maximum absolute atomic E-state index is 9.32. The van der Waals surface area contributed by atoms with Gasteiger partial charge in [0.05, 0.1) is 5.69 Å². The van der Waals surface area contributed by atoms with Crippen LogP contribution in [0.25, 0.3) is 0 Å². The molecule has 1 aromatic heterocycles. The van der Waals surface area contributed by atoms with Crippen molar-refractivity contribution in [2.45, 2.75) is 17.7 Å². The molecule has 1 unspecified atom stereocenters. The van der Waals surface area contributed by atoms with Crippen molar-refractivity contribution in [2.75, 3.05) is 11.1 Å².